The first-order valence-electron chi connectivity index (χ1n) is 8.63. The van der Waals surface area contributed by atoms with Crippen LogP contribution in [0.4, 0.5) is 0 Å². The van der Waals surface area contributed by atoms with Gasteiger partial charge in [-0.2, -0.15) is 0 Å². The van der Waals surface area contributed by atoms with E-state index in [0.717, 1.165) is 0 Å². The van der Waals surface area contributed by atoms with Crippen LogP contribution < -0.4 is 0 Å². The highest BCUT2D eigenvalue weighted by Crippen LogP contribution is 2.31. The molecule has 0 heterocycles. The zero-order valence-corrected chi connectivity index (χ0v) is 15.5. The van der Waals surface area contributed by atoms with Gasteiger partial charge < -0.3 is 19.7 Å². The summed E-state index contributed by atoms with van der Waals surface area (Å²) in [5.41, 5.74) is -1.43. The summed E-state index contributed by atoms with van der Waals surface area (Å²) in [6, 6.07) is 16.5. The molecule has 0 radical (unpaired) electrons. The lowest BCUT2D eigenvalue weighted by atomic mass is 9.84. The van der Waals surface area contributed by atoms with Gasteiger partial charge in [0, 0.05) is 0 Å². The third-order valence-electron chi connectivity index (χ3n) is 4.47. The zero-order chi connectivity index (χ0) is 20.1. The van der Waals surface area contributed by atoms with Crippen molar-refractivity contribution in [1.82, 2.24) is 0 Å². The van der Waals surface area contributed by atoms with Crippen LogP contribution in [0.3, 0.4) is 0 Å². The summed E-state index contributed by atoms with van der Waals surface area (Å²) in [5.74, 6) is -1.33. The molecule has 3 rings (SSSR count). The molecular weight excluding hydrogens is 384 g/mol. The summed E-state index contributed by atoms with van der Waals surface area (Å²) in [6.45, 7) is -0.570. The van der Waals surface area contributed by atoms with Crippen molar-refractivity contribution in [1.29, 1.82) is 0 Å². The molecule has 0 aliphatic heterocycles. The lowest BCUT2D eigenvalue weighted by Gasteiger charge is -2.40. The summed E-state index contributed by atoms with van der Waals surface area (Å²) < 4.78 is 10.4. The lowest BCUT2D eigenvalue weighted by molar-refractivity contribution is -0.140. The number of alkyl halides is 1. The van der Waals surface area contributed by atoms with Crippen LogP contribution in [-0.4, -0.2) is 51.9 Å². The summed E-state index contributed by atoms with van der Waals surface area (Å²) in [6.07, 6.45) is 0.0592. The molecule has 6 nitrogen and oxygen atoms in total. The Morgan fingerprint density at radius 2 is 1.46 bits per heavy atom. The summed E-state index contributed by atoms with van der Waals surface area (Å²) in [4.78, 5) is 24.4. The summed E-state index contributed by atoms with van der Waals surface area (Å²) in [7, 11) is 0. The first-order valence-corrected chi connectivity index (χ1v) is 9.06. The minimum atomic E-state index is -2.03. The number of benzene rings is 2. The quantitative estimate of drug-likeness (QED) is 0.453. The molecule has 1 aliphatic carbocycles. The van der Waals surface area contributed by atoms with Gasteiger partial charge in [-0.15, -0.1) is 11.6 Å². The van der Waals surface area contributed by atoms with E-state index in [9.17, 15) is 19.8 Å². The number of carbonyl (C=O) groups excluding carboxylic acids is 2. The van der Waals surface area contributed by atoms with E-state index in [4.69, 9.17) is 21.1 Å². The Labute approximate surface area is 167 Å². The van der Waals surface area contributed by atoms with Crippen LogP contribution in [0.2, 0.25) is 0 Å². The van der Waals surface area contributed by atoms with Gasteiger partial charge in [0.05, 0.1) is 16.5 Å². The van der Waals surface area contributed by atoms with Gasteiger partial charge in [0.25, 0.3) is 0 Å². The number of esters is 2. The van der Waals surface area contributed by atoms with Crippen LogP contribution in [0.15, 0.2) is 72.8 Å². The van der Waals surface area contributed by atoms with E-state index in [1.807, 2.05) is 0 Å². The van der Waals surface area contributed by atoms with Crippen LogP contribution in [0.1, 0.15) is 20.7 Å². The number of aliphatic hydroxyl groups excluding tert-OH is 1. The van der Waals surface area contributed by atoms with Crippen molar-refractivity contribution < 1.29 is 29.3 Å². The third kappa shape index (κ3) is 4.25. The molecule has 4 atom stereocenters. The number of carbonyl (C=O) groups is 2. The normalized spacial score (nSPS) is 26.5. The molecule has 0 fully saturated rings. The second kappa shape index (κ2) is 8.56. The van der Waals surface area contributed by atoms with E-state index in [-0.39, 0.29) is 0 Å². The van der Waals surface area contributed by atoms with Crippen molar-refractivity contribution in [3.05, 3.63) is 83.9 Å². The van der Waals surface area contributed by atoms with E-state index in [0.29, 0.717) is 11.1 Å². The molecule has 0 saturated heterocycles. The maximum atomic E-state index is 12.2. The van der Waals surface area contributed by atoms with E-state index in [1.54, 1.807) is 60.7 Å². The smallest absolute Gasteiger partial charge is 0.338 e. The molecule has 7 heteroatoms. The van der Waals surface area contributed by atoms with Crippen molar-refractivity contribution in [2.75, 3.05) is 6.61 Å². The van der Waals surface area contributed by atoms with Crippen LogP contribution in [0.25, 0.3) is 0 Å². The van der Waals surface area contributed by atoms with Crippen molar-refractivity contribution in [3.63, 3.8) is 0 Å². The molecule has 0 bridgehead atoms. The largest absolute Gasteiger partial charge is 0.459 e. The van der Waals surface area contributed by atoms with Crippen molar-refractivity contribution in [2.45, 2.75) is 23.2 Å². The van der Waals surface area contributed by atoms with Gasteiger partial charge in [-0.25, -0.2) is 9.59 Å². The molecule has 0 aromatic heterocycles. The maximum absolute atomic E-state index is 12.2. The van der Waals surface area contributed by atoms with Gasteiger partial charge in [-0.3, -0.25) is 0 Å². The fraction of sp³-hybridized carbons (Fsp3) is 0.238. The average molecular weight is 403 g/mol. The Morgan fingerprint density at radius 3 is 2.04 bits per heavy atom. The number of hydrogen-bond acceptors (Lipinski definition) is 6. The standard InChI is InChI=1S/C21H19ClO6/c22-17-12-11-16(28-20(25)15-9-5-2-6-10-15)18(23)21(17,26)13-27-19(24)14-7-3-1-4-8-14/h1-12,16-18,23,26H,13H2/t16-,17-,18+,21-/m1/s1. The lowest BCUT2D eigenvalue weighted by Crippen LogP contribution is -2.60. The summed E-state index contributed by atoms with van der Waals surface area (Å²) in [5, 5.41) is 20.4. The predicted molar refractivity (Wildman–Crippen MR) is 102 cm³/mol. The van der Waals surface area contributed by atoms with Crippen molar-refractivity contribution in [2.24, 2.45) is 0 Å². The fourth-order valence-electron chi connectivity index (χ4n) is 2.80. The molecule has 1 aliphatic rings. The first kappa shape index (κ1) is 20.1. The number of rotatable bonds is 5. The number of halogens is 1. The highest BCUT2D eigenvalue weighted by Gasteiger charge is 2.50. The van der Waals surface area contributed by atoms with E-state index < -0.39 is 41.7 Å². The van der Waals surface area contributed by atoms with Crippen LogP contribution >= 0.6 is 11.6 Å². The first-order chi connectivity index (χ1) is 13.4. The Balaban J connectivity index is 1.69. The Kier molecular flexibility index (Phi) is 6.14. The zero-order valence-electron chi connectivity index (χ0n) is 14.8. The number of aliphatic hydroxyl groups is 2. The topological polar surface area (TPSA) is 93.1 Å². The monoisotopic (exact) mass is 402 g/mol. The fourth-order valence-corrected chi connectivity index (χ4v) is 3.08. The second-order valence-electron chi connectivity index (χ2n) is 6.40. The highest BCUT2D eigenvalue weighted by atomic mass is 35.5. The van der Waals surface area contributed by atoms with Gasteiger partial charge >= 0.3 is 11.9 Å². The van der Waals surface area contributed by atoms with E-state index in [1.165, 1.54) is 12.2 Å². The van der Waals surface area contributed by atoms with Crippen LogP contribution in [0, 0.1) is 0 Å². The van der Waals surface area contributed by atoms with Gasteiger partial charge in [0.15, 0.2) is 0 Å². The Bertz CT molecular complexity index is 854. The molecule has 2 aromatic carbocycles. The molecule has 0 amide bonds. The molecule has 0 saturated carbocycles. The Morgan fingerprint density at radius 1 is 0.929 bits per heavy atom. The van der Waals surface area contributed by atoms with Crippen LogP contribution in [-0.2, 0) is 9.47 Å². The van der Waals surface area contributed by atoms with Gasteiger partial charge in [0.2, 0.25) is 0 Å². The molecule has 0 unspecified atom stereocenters. The SMILES string of the molecule is O=C(OC[C@@]1(O)[C@H](Cl)C=C[C@@H](OC(=O)c2ccccc2)[C@@H]1O)c1ccccc1. The maximum Gasteiger partial charge on any atom is 0.338 e. The molecule has 28 heavy (non-hydrogen) atoms. The highest BCUT2D eigenvalue weighted by molar-refractivity contribution is 6.22. The molecule has 2 aromatic rings. The van der Waals surface area contributed by atoms with E-state index >= 15 is 0 Å². The second-order valence-corrected chi connectivity index (χ2v) is 6.87. The minimum absolute atomic E-state index is 0.296. The Hall–Kier alpha value is -2.67. The third-order valence-corrected chi connectivity index (χ3v) is 4.99. The van der Waals surface area contributed by atoms with Crippen LogP contribution in [0.5, 0.6) is 0 Å². The summed E-state index contributed by atoms with van der Waals surface area (Å²) >= 11 is 6.14. The van der Waals surface area contributed by atoms with Crippen molar-refractivity contribution in [3.8, 4) is 0 Å². The number of hydrogen-bond donors (Lipinski definition) is 2. The minimum Gasteiger partial charge on any atom is -0.459 e. The van der Waals surface area contributed by atoms with Gasteiger partial charge in [-0.05, 0) is 30.3 Å². The predicted octanol–water partition coefficient (Wildman–Crippen LogP) is 2.34. The molecular formula is C21H19ClO6. The molecule has 146 valence electrons. The molecule has 0 spiro atoms. The average Bonchev–Trinajstić information content (AvgIpc) is 2.74. The van der Waals surface area contributed by atoms with Crippen molar-refractivity contribution >= 4 is 23.5 Å². The van der Waals surface area contributed by atoms with Gasteiger partial charge in [-0.1, -0.05) is 42.5 Å². The number of ether oxygens (including phenoxy) is 2. The van der Waals surface area contributed by atoms with E-state index in [2.05, 4.69) is 0 Å². The molecule has 2 N–H and O–H groups in total. The van der Waals surface area contributed by atoms with Gasteiger partial charge in [0.1, 0.15) is 24.4 Å².